The van der Waals surface area contributed by atoms with Crippen molar-refractivity contribution in [3.8, 4) is 0 Å². The number of thiophene rings is 1. The Bertz CT molecular complexity index is 1260. The number of hydrogen-bond donors (Lipinski definition) is 3. The number of anilines is 3. The van der Waals surface area contributed by atoms with Crippen molar-refractivity contribution in [1.82, 2.24) is 15.0 Å². The maximum atomic E-state index is 13.8. The maximum absolute atomic E-state index is 13.8. The molecule has 0 aliphatic rings. The number of urea groups is 1. The van der Waals surface area contributed by atoms with E-state index in [0.717, 1.165) is 20.9 Å². The second-order valence-electron chi connectivity index (χ2n) is 6.44. The molecule has 0 fully saturated rings. The molecule has 13 heteroatoms. The third-order valence-corrected chi connectivity index (χ3v) is 6.11. The minimum absolute atomic E-state index is 0.229. The lowest BCUT2D eigenvalue weighted by atomic mass is 10.2. The van der Waals surface area contributed by atoms with Crippen LogP contribution in [-0.2, 0) is 12.6 Å². The summed E-state index contributed by atoms with van der Waals surface area (Å²) in [6.07, 6.45) is -0.995. The minimum atomic E-state index is -4.65. The van der Waals surface area contributed by atoms with E-state index in [-0.39, 0.29) is 5.13 Å². The minimum Gasteiger partial charge on any atom is -0.368 e. The average Bonchev–Trinajstić information content (AvgIpc) is 3.38. The first-order valence-electron chi connectivity index (χ1n) is 9.11. The van der Waals surface area contributed by atoms with Crippen LogP contribution in [0.5, 0.6) is 0 Å². The van der Waals surface area contributed by atoms with Crippen molar-refractivity contribution < 1.29 is 22.4 Å². The molecule has 3 N–H and O–H groups in total. The van der Waals surface area contributed by atoms with Crippen molar-refractivity contribution in [3.63, 3.8) is 0 Å². The van der Waals surface area contributed by atoms with Crippen LogP contribution in [0.2, 0.25) is 0 Å². The zero-order valence-electron chi connectivity index (χ0n) is 16.0. The Kier molecular flexibility index (Phi) is 6.19. The van der Waals surface area contributed by atoms with Gasteiger partial charge in [-0.25, -0.2) is 24.1 Å². The van der Waals surface area contributed by atoms with Crippen LogP contribution in [0, 0.1) is 5.82 Å². The molecule has 3 aromatic heterocycles. The van der Waals surface area contributed by atoms with Crippen molar-refractivity contribution >= 4 is 55.6 Å². The molecule has 0 aliphatic carbocycles. The van der Waals surface area contributed by atoms with E-state index in [1.807, 2.05) is 11.4 Å². The molecule has 3 heterocycles. The number of alkyl halides is 3. The fourth-order valence-corrected chi connectivity index (χ4v) is 4.37. The Morgan fingerprint density at radius 1 is 1.09 bits per heavy atom. The smallest absolute Gasteiger partial charge is 0.368 e. The van der Waals surface area contributed by atoms with Gasteiger partial charge in [0.2, 0.25) is 0 Å². The van der Waals surface area contributed by atoms with E-state index >= 15 is 0 Å². The zero-order chi connectivity index (χ0) is 22.7. The number of fused-ring (bicyclic) bond motifs is 1. The average molecular weight is 482 g/mol. The van der Waals surface area contributed by atoms with Gasteiger partial charge < -0.3 is 10.6 Å². The molecule has 0 saturated carbocycles. The van der Waals surface area contributed by atoms with Gasteiger partial charge in [0.25, 0.3) is 0 Å². The predicted octanol–water partition coefficient (Wildman–Crippen LogP) is 5.60. The van der Waals surface area contributed by atoms with Gasteiger partial charge in [-0.3, -0.25) is 5.32 Å². The molecule has 166 valence electrons. The highest BCUT2D eigenvalue weighted by atomic mass is 32.1. The second-order valence-corrected chi connectivity index (χ2v) is 8.47. The lowest BCUT2D eigenvalue weighted by molar-refractivity contribution is -0.137. The standard InChI is InChI=1S/C19H14F4N6OS2/c20-12-2-1-10(19(21,22)23)7-14(12)28-17(30)29-18-25-8-11(32-18)3-5-24-16-15-13(4-6-31-15)26-9-27-16/h1-2,4,6-9H,3,5H2,(H,24,26,27)(H2,25,28,29,30). The van der Waals surface area contributed by atoms with E-state index in [9.17, 15) is 22.4 Å². The van der Waals surface area contributed by atoms with Gasteiger partial charge in [0.1, 0.15) is 18.0 Å². The highest BCUT2D eigenvalue weighted by Gasteiger charge is 2.31. The van der Waals surface area contributed by atoms with Gasteiger partial charge in [-0.2, -0.15) is 13.2 Å². The summed E-state index contributed by atoms with van der Waals surface area (Å²) in [5, 5.41) is 9.87. The summed E-state index contributed by atoms with van der Waals surface area (Å²) >= 11 is 2.73. The number of benzene rings is 1. The maximum Gasteiger partial charge on any atom is 0.416 e. The molecule has 32 heavy (non-hydrogen) atoms. The molecule has 0 saturated heterocycles. The number of aromatic nitrogens is 3. The molecule has 0 radical (unpaired) electrons. The van der Waals surface area contributed by atoms with Crippen molar-refractivity contribution in [1.29, 1.82) is 0 Å². The molecule has 0 unspecified atom stereocenters. The van der Waals surface area contributed by atoms with Crippen molar-refractivity contribution in [2.75, 3.05) is 22.5 Å². The summed E-state index contributed by atoms with van der Waals surface area (Å²) in [6.45, 7) is 0.563. The Morgan fingerprint density at radius 3 is 2.75 bits per heavy atom. The molecule has 2 amide bonds. The lowest BCUT2D eigenvalue weighted by Gasteiger charge is -2.11. The van der Waals surface area contributed by atoms with E-state index in [0.29, 0.717) is 31.2 Å². The number of halogens is 4. The Morgan fingerprint density at radius 2 is 1.94 bits per heavy atom. The number of carbonyl (C=O) groups is 1. The van der Waals surface area contributed by atoms with E-state index in [1.54, 1.807) is 6.20 Å². The summed E-state index contributed by atoms with van der Waals surface area (Å²) in [4.78, 5) is 25.4. The van der Waals surface area contributed by atoms with Gasteiger partial charge in [-0.1, -0.05) is 0 Å². The topological polar surface area (TPSA) is 91.8 Å². The van der Waals surface area contributed by atoms with E-state index in [2.05, 4.69) is 30.9 Å². The quantitative estimate of drug-likeness (QED) is 0.311. The molecule has 0 atom stereocenters. The number of nitrogens with one attached hydrogen (secondary N) is 3. The normalized spacial score (nSPS) is 11.5. The summed E-state index contributed by atoms with van der Waals surface area (Å²) in [6, 6.07) is 2.79. The molecule has 0 aliphatic heterocycles. The van der Waals surface area contributed by atoms with Crippen molar-refractivity contribution in [2.45, 2.75) is 12.6 Å². The number of rotatable bonds is 6. The van der Waals surface area contributed by atoms with Gasteiger partial charge in [0.05, 0.1) is 21.5 Å². The van der Waals surface area contributed by atoms with Crippen molar-refractivity contribution in [2.24, 2.45) is 0 Å². The molecular formula is C19H14F4N6OS2. The van der Waals surface area contributed by atoms with Gasteiger partial charge in [-0.05, 0) is 29.6 Å². The first kappa shape index (κ1) is 21.9. The summed E-state index contributed by atoms with van der Waals surface area (Å²) in [7, 11) is 0. The fourth-order valence-electron chi connectivity index (χ4n) is 2.75. The largest absolute Gasteiger partial charge is 0.416 e. The third-order valence-electron chi connectivity index (χ3n) is 4.22. The van der Waals surface area contributed by atoms with Gasteiger partial charge in [0, 0.05) is 24.0 Å². The van der Waals surface area contributed by atoms with Gasteiger partial charge in [0.15, 0.2) is 5.13 Å². The van der Waals surface area contributed by atoms with E-state index < -0.39 is 29.3 Å². The van der Waals surface area contributed by atoms with Crippen LogP contribution < -0.4 is 16.0 Å². The summed E-state index contributed by atoms with van der Waals surface area (Å²) in [5.41, 5.74) is -0.787. The van der Waals surface area contributed by atoms with Crippen LogP contribution in [0.4, 0.5) is 39.0 Å². The first-order chi connectivity index (χ1) is 15.3. The number of carbonyl (C=O) groups excluding carboxylic acids is 1. The molecule has 1 aromatic carbocycles. The van der Waals surface area contributed by atoms with Gasteiger partial charge >= 0.3 is 12.2 Å². The molecule has 0 spiro atoms. The fraction of sp³-hybridized carbons (Fsp3) is 0.158. The van der Waals surface area contributed by atoms with Crippen LogP contribution in [0.3, 0.4) is 0 Å². The molecule has 7 nitrogen and oxygen atoms in total. The van der Waals surface area contributed by atoms with Crippen LogP contribution >= 0.6 is 22.7 Å². The highest BCUT2D eigenvalue weighted by molar-refractivity contribution is 7.17. The number of thiazole rings is 1. The summed E-state index contributed by atoms with van der Waals surface area (Å²) in [5.74, 6) is -0.251. The molecule has 0 bridgehead atoms. The van der Waals surface area contributed by atoms with Crippen LogP contribution in [0.15, 0.2) is 42.2 Å². The van der Waals surface area contributed by atoms with Gasteiger partial charge in [-0.15, -0.1) is 22.7 Å². The monoisotopic (exact) mass is 482 g/mol. The predicted molar refractivity (Wildman–Crippen MR) is 116 cm³/mol. The first-order valence-corrected chi connectivity index (χ1v) is 10.8. The Balaban J connectivity index is 1.32. The lowest BCUT2D eigenvalue weighted by Crippen LogP contribution is -2.20. The molecular weight excluding hydrogens is 468 g/mol. The summed E-state index contributed by atoms with van der Waals surface area (Å²) < 4.78 is 53.1. The van der Waals surface area contributed by atoms with E-state index in [1.165, 1.54) is 29.0 Å². The molecule has 4 aromatic rings. The number of hydrogen-bond acceptors (Lipinski definition) is 7. The Labute approximate surface area is 186 Å². The van der Waals surface area contributed by atoms with Crippen LogP contribution in [0.1, 0.15) is 10.4 Å². The highest BCUT2D eigenvalue weighted by Crippen LogP contribution is 2.32. The van der Waals surface area contributed by atoms with E-state index in [4.69, 9.17) is 0 Å². The van der Waals surface area contributed by atoms with Crippen LogP contribution in [0.25, 0.3) is 10.2 Å². The van der Waals surface area contributed by atoms with Crippen LogP contribution in [-0.4, -0.2) is 27.5 Å². The van der Waals surface area contributed by atoms with Crippen molar-refractivity contribution in [3.05, 3.63) is 58.4 Å². The Hall–Kier alpha value is -3.32. The second kappa shape index (κ2) is 9.04. The molecule has 4 rings (SSSR count). The number of amides is 2. The zero-order valence-corrected chi connectivity index (χ0v) is 17.7. The number of nitrogens with zero attached hydrogens (tertiary/aromatic N) is 3. The third kappa shape index (κ3) is 5.11. The SMILES string of the molecule is O=C(Nc1ncc(CCNc2ncnc3ccsc23)s1)Nc1cc(C(F)(F)F)ccc1F.